The SMILES string of the molecule is C=CSC(=NC)[C@H]1CCCN1C1CCN(C)CC1. The number of hydrogen-bond donors (Lipinski definition) is 0. The Kier molecular flexibility index (Phi) is 5.27. The van der Waals surface area contributed by atoms with Crippen LogP contribution >= 0.6 is 11.8 Å². The summed E-state index contributed by atoms with van der Waals surface area (Å²) in [5, 5.41) is 3.16. The molecule has 2 rings (SSSR count). The van der Waals surface area contributed by atoms with Crippen LogP contribution in [-0.2, 0) is 0 Å². The van der Waals surface area contributed by atoms with E-state index in [9.17, 15) is 0 Å². The Morgan fingerprint density at radius 3 is 2.61 bits per heavy atom. The molecule has 2 aliphatic heterocycles. The van der Waals surface area contributed by atoms with Crippen LogP contribution in [0.1, 0.15) is 25.7 Å². The first-order valence-electron chi connectivity index (χ1n) is 6.94. The van der Waals surface area contributed by atoms with E-state index in [0.29, 0.717) is 6.04 Å². The van der Waals surface area contributed by atoms with Gasteiger partial charge in [0.15, 0.2) is 0 Å². The lowest BCUT2D eigenvalue weighted by atomic mass is 10.0. The Balaban J connectivity index is 2.00. The molecule has 0 N–H and O–H groups in total. The smallest absolute Gasteiger partial charge is 0.0886 e. The zero-order chi connectivity index (χ0) is 13.0. The second-order valence-corrected chi connectivity index (χ2v) is 6.26. The summed E-state index contributed by atoms with van der Waals surface area (Å²) in [7, 11) is 4.14. The molecule has 2 fully saturated rings. The standard InChI is InChI=1S/C14H25N3S/c1-4-18-14(15-2)13-6-5-9-17(13)12-7-10-16(3)11-8-12/h4,12-13H,1,5-11H2,2-3H3/t13-/m1/s1. The lowest BCUT2D eigenvalue weighted by molar-refractivity contribution is 0.130. The van der Waals surface area contributed by atoms with Gasteiger partial charge in [0.1, 0.15) is 0 Å². The van der Waals surface area contributed by atoms with Crippen molar-refractivity contribution >= 4 is 16.8 Å². The summed E-state index contributed by atoms with van der Waals surface area (Å²) in [6.45, 7) is 7.54. The first kappa shape index (κ1) is 14.1. The van der Waals surface area contributed by atoms with Gasteiger partial charge in [0.05, 0.1) is 11.1 Å². The Hall–Kier alpha value is -0.320. The van der Waals surface area contributed by atoms with Gasteiger partial charge >= 0.3 is 0 Å². The molecule has 2 aliphatic rings. The van der Waals surface area contributed by atoms with Gasteiger partial charge in [0.25, 0.3) is 0 Å². The first-order chi connectivity index (χ1) is 8.76. The molecule has 0 bridgehead atoms. The van der Waals surface area contributed by atoms with Crippen molar-refractivity contribution in [3.05, 3.63) is 12.0 Å². The van der Waals surface area contributed by atoms with Gasteiger partial charge in [-0.3, -0.25) is 9.89 Å². The fourth-order valence-electron chi connectivity index (χ4n) is 3.18. The van der Waals surface area contributed by atoms with E-state index in [-0.39, 0.29) is 0 Å². The molecule has 0 spiro atoms. The zero-order valence-corrected chi connectivity index (χ0v) is 12.5. The van der Waals surface area contributed by atoms with Crippen LogP contribution in [0.2, 0.25) is 0 Å². The molecule has 2 heterocycles. The maximum atomic E-state index is 4.48. The van der Waals surface area contributed by atoms with Gasteiger partial charge < -0.3 is 4.90 Å². The van der Waals surface area contributed by atoms with Crippen LogP contribution < -0.4 is 0 Å². The van der Waals surface area contributed by atoms with Crippen molar-refractivity contribution in [2.24, 2.45) is 4.99 Å². The van der Waals surface area contributed by atoms with Crippen molar-refractivity contribution in [2.75, 3.05) is 33.7 Å². The van der Waals surface area contributed by atoms with Gasteiger partial charge in [-0.1, -0.05) is 18.3 Å². The number of aliphatic imine (C=N–C) groups is 1. The molecule has 0 unspecified atom stereocenters. The van der Waals surface area contributed by atoms with Crippen LogP contribution in [0.15, 0.2) is 17.0 Å². The van der Waals surface area contributed by atoms with Gasteiger partial charge in [-0.25, -0.2) is 0 Å². The fourth-order valence-corrected chi connectivity index (χ4v) is 3.87. The highest BCUT2D eigenvalue weighted by Crippen LogP contribution is 2.29. The van der Waals surface area contributed by atoms with Crippen molar-refractivity contribution in [2.45, 2.75) is 37.8 Å². The van der Waals surface area contributed by atoms with E-state index in [1.807, 2.05) is 12.5 Å². The lowest BCUT2D eigenvalue weighted by Crippen LogP contribution is -2.47. The van der Waals surface area contributed by atoms with Crippen LogP contribution in [0.3, 0.4) is 0 Å². The van der Waals surface area contributed by atoms with Crippen molar-refractivity contribution < 1.29 is 0 Å². The molecule has 0 saturated carbocycles. The van der Waals surface area contributed by atoms with Crippen LogP contribution in [0.25, 0.3) is 0 Å². The second kappa shape index (κ2) is 6.73. The highest BCUT2D eigenvalue weighted by atomic mass is 32.2. The maximum Gasteiger partial charge on any atom is 0.0886 e. The number of piperidine rings is 1. The minimum atomic E-state index is 0.548. The Morgan fingerprint density at radius 1 is 1.28 bits per heavy atom. The molecule has 0 aromatic heterocycles. The van der Waals surface area contributed by atoms with E-state index >= 15 is 0 Å². The Bertz CT molecular complexity index is 308. The molecular weight excluding hydrogens is 242 g/mol. The third-order valence-electron chi connectivity index (χ3n) is 4.16. The minimum absolute atomic E-state index is 0.548. The normalized spacial score (nSPS) is 28.8. The van der Waals surface area contributed by atoms with Gasteiger partial charge in [0.2, 0.25) is 0 Å². The third kappa shape index (κ3) is 3.16. The molecule has 0 aliphatic carbocycles. The summed E-state index contributed by atoms with van der Waals surface area (Å²) in [6, 6.07) is 1.31. The summed E-state index contributed by atoms with van der Waals surface area (Å²) in [6.07, 6.45) is 5.19. The fraction of sp³-hybridized carbons (Fsp3) is 0.786. The second-order valence-electron chi connectivity index (χ2n) is 5.28. The van der Waals surface area contributed by atoms with E-state index in [1.165, 1.54) is 50.4 Å². The molecule has 4 heteroatoms. The molecule has 1 atom stereocenters. The monoisotopic (exact) mass is 267 g/mol. The predicted octanol–water partition coefficient (Wildman–Crippen LogP) is 2.45. The van der Waals surface area contributed by atoms with Crippen LogP contribution in [0.5, 0.6) is 0 Å². The van der Waals surface area contributed by atoms with Crippen LogP contribution in [-0.4, -0.2) is 60.7 Å². The van der Waals surface area contributed by atoms with E-state index in [1.54, 1.807) is 11.8 Å². The molecule has 0 aromatic rings. The molecule has 3 nitrogen and oxygen atoms in total. The molecule has 0 amide bonds. The summed E-state index contributed by atoms with van der Waals surface area (Å²) >= 11 is 1.70. The van der Waals surface area contributed by atoms with Gasteiger partial charge in [-0.05, 0) is 57.8 Å². The largest absolute Gasteiger partial charge is 0.306 e. The van der Waals surface area contributed by atoms with E-state index < -0.39 is 0 Å². The summed E-state index contributed by atoms with van der Waals surface area (Å²) in [4.78, 5) is 9.62. The topological polar surface area (TPSA) is 18.8 Å². The van der Waals surface area contributed by atoms with Crippen molar-refractivity contribution in [3.63, 3.8) is 0 Å². The number of hydrogen-bond acceptors (Lipinski definition) is 4. The Labute approximate surface area is 115 Å². The molecule has 102 valence electrons. The lowest BCUT2D eigenvalue weighted by Gasteiger charge is -2.38. The van der Waals surface area contributed by atoms with E-state index in [2.05, 4.69) is 28.4 Å². The van der Waals surface area contributed by atoms with Gasteiger partial charge in [-0.15, -0.1) is 0 Å². The summed E-state index contributed by atoms with van der Waals surface area (Å²) in [5.74, 6) is 0. The first-order valence-corrected chi connectivity index (χ1v) is 7.82. The number of thioether (sulfide) groups is 1. The molecular formula is C14H25N3S. The number of likely N-dealkylation sites (tertiary alicyclic amines) is 2. The molecule has 0 radical (unpaired) electrons. The van der Waals surface area contributed by atoms with Crippen molar-refractivity contribution in [3.8, 4) is 0 Å². The average Bonchev–Trinajstić information content (AvgIpc) is 2.86. The van der Waals surface area contributed by atoms with E-state index in [4.69, 9.17) is 0 Å². The Morgan fingerprint density at radius 2 is 2.00 bits per heavy atom. The predicted molar refractivity (Wildman–Crippen MR) is 81.4 cm³/mol. The number of nitrogens with zero attached hydrogens (tertiary/aromatic N) is 3. The third-order valence-corrected chi connectivity index (χ3v) is 5.02. The van der Waals surface area contributed by atoms with Crippen LogP contribution in [0, 0.1) is 0 Å². The van der Waals surface area contributed by atoms with Crippen molar-refractivity contribution in [1.82, 2.24) is 9.80 Å². The maximum absolute atomic E-state index is 4.48. The quantitative estimate of drug-likeness (QED) is 0.578. The van der Waals surface area contributed by atoms with Gasteiger partial charge in [-0.2, -0.15) is 0 Å². The van der Waals surface area contributed by atoms with Gasteiger partial charge in [0, 0.05) is 13.1 Å². The molecule has 0 aromatic carbocycles. The molecule has 18 heavy (non-hydrogen) atoms. The minimum Gasteiger partial charge on any atom is -0.306 e. The number of rotatable bonds is 3. The highest BCUT2D eigenvalue weighted by Gasteiger charge is 2.34. The zero-order valence-electron chi connectivity index (χ0n) is 11.6. The average molecular weight is 267 g/mol. The highest BCUT2D eigenvalue weighted by molar-refractivity contribution is 8.16. The molecule has 2 saturated heterocycles. The van der Waals surface area contributed by atoms with Crippen LogP contribution in [0.4, 0.5) is 0 Å². The summed E-state index contributed by atoms with van der Waals surface area (Å²) in [5.41, 5.74) is 0. The van der Waals surface area contributed by atoms with E-state index in [0.717, 1.165) is 6.04 Å². The van der Waals surface area contributed by atoms with Crippen molar-refractivity contribution in [1.29, 1.82) is 0 Å². The summed E-state index contributed by atoms with van der Waals surface area (Å²) < 4.78 is 0.